The van der Waals surface area contributed by atoms with Gasteiger partial charge < -0.3 is 9.47 Å². The molecule has 1 aliphatic heterocycles. The highest BCUT2D eigenvalue weighted by Crippen LogP contribution is 2.30. The molecule has 98 valence electrons. The van der Waals surface area contributed by atoms with E-state index in [4.69, 9.17) is 0 Å². The predicted molar refractivity (Wildman–Crippen MR) is 81.4 cm³/mol. The molecule has 1 aromatic carbocycles. The van der Waals surface area contributed by atoms with Crippen LogP contribution in [0.15, 0.2) is 36.5 Å². The highest BCUT2D eigenvalue weighted by Gasteiger charge is 2.18. The predicted octanol–water partition coefficient (Wildman–Crippen LogP) is 3.78. The zero-order chi connectivity index (χ0) is 13.4. The monoisotopic (exact) mass is 318 g/mol. The average Bonchev–Trinajstić information content (AvgIpc) is 2.77. The van der Waals surface area contributed by atoms with Crippen molar-refractivity contribution in [3.63, 3.8) is 0 Å². The van der Waals surface area contributed by atoms with Crippen LogP contribution >= 0.6 is 15.9 Å². The molecule has 1 aliphatic rings. The van der Waals surface area contributed by atoms with E-state index in [0.717, 1.165) is 13.0 Å². The van der Waals surface area contributed by atoms with Crippen molar-refractivity contribution in [3.05, 3.63) is 42.1 Å². The van der Waals surface area contributed by atoms with E-state index in [1.54, 1.807) is 4.90 Å². The molecule has 3 rings (SSSR count). The summed E-state index contributed by atoms with van der Waals surface area (Å²) in [6, 6.07) is 8.43. The van der Waals surface area contributed by atoms with Crippen molar-refractivity contribution < 1.29 is 4.79 Å². The summed E-state index contributed by atoms with van der Waals surface area (Å²) >= 11 is 3.01. The Kier molecular flexibility index (Phi) is 3.19. The summed E-state index contributed by atoms with van der Waals surface area (Å²) in [4.78, 5) is 13.0. The van der Waals surface area contributed by atoms with Gasteiger partial charge in [-0.2, -0.15) is 0 Å². The van der Waals surface area contributed by atoms with Gasteiger partial charge in [-0.1, -0.05) is 24.3 Å². The molecule has 4 heteroatoms. The number of hydrogen-bond donors (Lipinski definition) is 0. The maximum atomic E-state index is 11.3. The molecule has 0 unspecified atom stereocenters. The van der Waals surface area contributed by atoms with Crippen LogP contribution in [0.1, 0.15) is 12.0 Å². The number of nitrogens with zero attached hydrogens (tertiary/aromatic N) is 2. The van der Waals surface area contributed by atoms with Gasteiger partial charge in [-0.15, -0.1) is 0 Å². The number of aromatic nitrogens is 1. The molecule has 0 fully saturated rings. The van der Waals surface area contributed by atoms with Gasteiger partial charge in [0, 0.05) is 58.7 Å². The smallest absolute Gasteiger partial charge is 0.289 e. The minimum atomic E-state index is -0.0271. The zero-order valence-corrected chi connectivity index (χ0v) is 12.4. The van der Waals surface area contributed by atoms with Crippen LogP contribution in [0, 0.1) is 0 Å². The third-order valence-electron chi connectivity index (χ3n) is 3.70. The number of aryl methyl sites for hydroxylation is 1. The molecule has 0 saturated carbocycles. The number of fused-ring (bicyclic) bond motifs is 1. The van der Waals surface area contributed by atoms with Crippen LogP contribution in [-0.2, 0) is 7.05 Å². The summed E-state index contributed by atoms with van der Waals surface area (Å²) in [7, 11) is 2.07. The van der Waals surface area contributed by atoms with Crippen LogP contribution in [0.3, 0.4) is 0 Å². The summed E-state index contributed by atoms with van der Waals surface area (Å²) < 4.78 is 2.16. The first-order valence-electron chi connectivity index (χ1n) is 6.34. The standard InChI is InChI=1S/C15H15BrN2O/c1-17-10-13(12-4-2-3-5-14(12)17)11-6-8-18(9-7-11)15(16)19/h2-6,10H,7-9H2,1H3. The SMILES string of the molecule is Cn1cc(C2=CCN(C(=O)Br)CC2)c2ccccc21. The van der Waals surface area contributed by atoms with E-state index in [1.165, 1.54) is 22.0 Å². The highest BCUT2D eigenvalue weighted by molar-refractivity contribution is 9.18. The quantitative estimate of drug-likeness (QED) is 0.580. The molecule has 1 amide bonds. The van der Waals surface area contributed by atoms with E-state index in [0.29, 0.717) is 6.54 Å². The minimum Gasteiger partial charge on any atom is -0.350 e. The fourth-order valence-corrected chi connectivity index (χ4v) is 2.99. The van der Waals surface area contributed by atoms with Crippen LogP contribution < -0.4 is 0 Å². The first kappa shape index (κ1) is 12.5. The second-order valence-electron chi connectivity index (χ2n) is 4.85. The lowest BCUT2D eigenvalue weighted by Gasteiger charge is -2.24. The molecule has 19 heavy (non-hydrogen) atoms. The zero-order valence-electron chi connectivity index (χ0n) is 10.8. The van der Waals surface area contributed by atoms with E-state index in [-0.39, 0.29) is 4.82 Å². The average molecular weight is 319 g/mol. The third-order valence-corrected chi connectivity index (χ3v) is 4.20. The van der Waals surface area contributed by atoms with Crippen molar-refractivity contribution in [1.29, 1.82) is 0 Å². The van der Waals surface area contributed by atoms with Crippen LogP contribution in [0.25, 0.3) is 16.5 Å². The fourth-order valence-electron chi connectivity index (χ4n) is 2.67. The van der Waals surface area contributed by atoms with Crippen molar-refractivity contribution >= 4 is 37.2 Å². The summed E-state index contributed by atoms with van der Waals surface area (Å²) in [6.07, 6.45) is 5.25. The van der Waals surface area contributed by atoms with Crippen molar-refractivity contribution in [2.45, 2.75) is 6.42 Å². The molecule has 2 heterocycles. The number of amides is 1. The van der Waals surface area contributed by atoms with Gasteiger partial charge in [0.05, 0.1) is 0 Å². The maximum Gasteiger partial charge on any atom is 0.289 e. The number of carbonyl (C=O) groups excluding carboxylic acids is 1. The molecule has 0 radical (unpaired) electrons. The second kappa shape index (κ2) is 4.85. The molecule has 2 aromatic rings. The molecule has 0 saturated heterocycles. The van der Waals surface area contributed by atoms with E-state index >= 15 is 0 Å². The Morgan fingerprint density at radius 2 is 2.11 bits per heavy atom. The van der Waals surface area contributed by atoms with E-state index in [2.05, 4.69) is 64.1 Å². The van der Waals surface area contributed by atoms with Gasteiger partial charge in [0.15, 0.2) is 0 Å². The van der Waals surface area contributed by atoms with E-state index in [9.17, 15) is 4.79 Å². The molecule has 1 aromatic heterocycles. The Morgan fingerprint density at radius 1 is 1.32 bits per heavy atom. The van der Waals surface area contributed by atoms with Gasteiger partial charge in [0.25, 0.3) is 4.82 Å². The molecule has 0 bridgehead atoms. The van der Waals surface area contributed by atoms with Crippen molar-refractivity contribution in [1.82, 2.24) is 9.47 Å². The van der Waals surface area contributed by atoms with Crippen molar-refractivity contribution in [3.8, 4) is 0 Å². The minimum absolute atomic E-state index is 0.0271. The Hall–Kier alpha value is -1.55. The van der Waals surface area contributed by atoms with Crippen LogP contribution in [0.5, 0.6) is 0 Å². The number of para-hydroxylation sites is 1. The molecule has 3 nitrogen and oxygen atoms in total. The molecule has 0 aliphatic carbocycles. The third kappa shape index (κ3) is 2.21. The van der Waals surface area contributed by atoms with Crippen LogP contribution in [0.4, 0.5) is 4.79 Å². The lowest BCUT2D eigenvalue weighted by Crippen LogP contribution is -2.30. The van der Waals surface area contributed by atoms with Crippen molar-refractivity contribution in [2.24, 2.45) is 7.05 Å². The van der Waals surface area contributed by atoms with Crippen LogP contribution in [-0.4, -0.2) is 27.4 Å². The van der Waals surface area contributed by atoms with Gasteiger partial charge in [0.2, 0.25) is 0 Å². The largest absolute Gasteiger partial charge is 0.350 e. The second-order valence-corrected chi connectivity index (χ2v) is 5.53. The number of halogens is 1. The normalized spacial score (nSPS) is 15.7. The Bertz CT molecular complexity index is 672. The summed E-state index contributed by atoms with van der Waals surface area (Å²) in [5.74, 6) is 0. The number of rotatable bonds is 1. The molecule has 0 atom stereocenters. The Morgan fingerprint density at radius 3 is 2.79 bits per heavy atom. The maximum absolute atomic E-state index is 11.3. The Balaban J connectivity index is 2.00. The topological polar surface area (TPSA) is 25.2 Å². The van der Waals surface area contributed by atoms with E-state index in [1.807, 2.05) is 0 Å². The highest BCUT2D eigenvalue weighted by atomic mass is 79.9. The Labute approximate surface area is 120 Å². The van der Waals surface area contributed by atoms with Crippen molar-refractivity contribution in [2.75, 3.05) is 13.1 Å². The molecular formula is C15H15BrN2O. The summed E-state index contributed by atoms with van der Waals surface area (Å²) in [5.41, 5.74) is 3.87. The fraction of sp³-hybridized carbons (Fsp3) is 0.267. The molecular weight excluding hydrogens is 304 g/mol. The van der Waals surface area contributed by atoms with Gasteiger partial charge in [-0.05, 0) is 18.1 Å². The van der Waals surface area contributed by atoms with Crippen LogP contribution in [0.2, 0.25) is 0 Å². The summed E-state index contributed by atoms with van der Waals surface area (Å²) in [6.45, 7) is 1.46. The lowest BCUT2D eigenvalue weighted by atomic mass is 9.99. The summed E-state index contributed by atoms with van der Waals surface area (Å²) in [5, 5.41) is 1.29. The molecule has 0 spiro atoms. The number of carbonyl (C=O) groups is 1. The first-order chi connectivity index (χ1) is 9.16. The first-order valence-corrected chi connectivity index (χ1v) is 7.14. The van der Waals surface area contributed by atoms with Gasteiger partial charge in [-0.25, -0.2) is 0 Å². The van der Waals surface area contributed by atoms with Gasteiger partial charge >= 0.3 is 0 Å². The van der Waals surface area contributed by atoms with Gasteiger partial charge in [-0.3, -0.25) is 4.79 Å². The van der Waals surface area contributed by atoms with E-state index < -0.39 is 0 Å². The number of hydrogen-bond acceptors (Lipinski definition) is 1. The molecule has 0 N–H and O–H groups in total. The lowest BCUT2D eigenvalue weighted by molar-refractivity contribution is 0.229. The van der Waals surface area contributed by atoms with Gasteiger partial charge in [0.1, 0.15) is 0 Å². The number of benzene rings is 1.